The summed E-state index contributed by atoms with van der Waals surface area (Å²) in [7, 11) is 0. The Bertz CT molecular complexity index is 265. The highest BCUT2D eigenvalue weighted by Gasteiger charge is 2.35. The van der Waals surface area contributed by atoms with Crippen molar-refractivity contribution in [2.24, 2.45) is 11.8 Å². The Morgan fingerprint density at radius 1 is 1.31 bits per heavy atom. The first-order valence-electron chi connectivity index (χ1n) is 5.71. The minimum Gasteiger partial charge on any atom is -0.481 e. The monoisotopic (exact) mass is 229 g/mol. The fraction of sp³-hybridized carbons (Fsp3) is 0.818. The molecule has 1 aliphatic rings. The number of hydrogen-bond acceptors (Lipinski definition) is 3. The van der Waals surface area contributed by atoms with Gasteiger partial charge in [-0.2, -0.15) is 0 Å². The van der Waals surface area contributed by atoms with Crippen LogP contribution in [0.15, 0.2) is 0 Å². The first kappa shape index (κ1) is 13.0. The molecule has 0 aromatic carbocycles. The molecular formula is C11H19NO4. The normalized spacial score (nSPS) is 27.1. The lowest BCUT2D eigenvalue weighted by Gasteiger charge is -2.27. The SMILES string of the molecule is C[C@@H](O)CNC(=O)C1CCCCC1C(=O)O. The highest BCUT2D eigenvalue weighted by atomic mass is 16.4. The molecule has 2 unspecified atom stereocenters. The van der Waals surface area contributed by atoms with E-state index in [0.717, 1.165) is 12.8 Å². The molecule has 1 aliphatic carbocycles. The van der Waals surface area contributed by atoms with Gasteiger partial charge in [-0.1, -0.05) is 12.8 Å². The molecule has 5 heteroatoms. The van der Waals surface area contributed by atoms with Crippen molar-refractivity contribution in [3.05, 3.63) is 0 Å². The Kier molecular flexibility index (Phi) is 4.73. The summed E-state index contributed by atoms with van der Waals surface area (Å²) in [5.41, 5.74) is 0. The molecule has 1 saturated carbocycles. The predicted molar refractivity (Wildman–Crippen MR) is 57.8 cm³/mol. The largest absolute Gasteiger partial charge is 0.481 e. The minimum atomic E-state index is -0.892. The Labute approximate surface area is 94.8 Å². The van der Waals surface area contributed by atoms with E-state index in [0.29, 0.717) is 12.8 Å². The summed E-state index contributed by atoms with van der Waals surface area (Å²) in [6.07, 6.45) is 2.37. The first-order chi connectivity index (χ1) is 7.52. The average molecular weight is 229 g/mol. The van der Waals surface area contributed by atoms with Gasteiger partial charge in [0, 0.05) is 6.54 Å². The summed E-state index contributed by atoms with van der Waals surface area (Å²) >= 11 is 0. The number of nitrogens with one attached hydrogen (secondary N) is 1. The molecule has 0 bridgehead atoms. The molecule has 3 N–H and O–H groups in total. The number of aliphatic hydroxyl groups is 1. The van der Waals surface area contributed by atoms with Gasteiger partial charge >= 0.3 is 5.97 Å². The molecule has 0 aromatic rings. The third kappa shape index (κ3) is 3.48. The number of carboxylic acids is 1. The fourth-order valence-corrected chi connectivity index (χ4v) is 2.12. The molecule has 0 heterocycles. The van der Waals surface area contributed by atoms with E-state index in [1.54, 1.807) is 6.92 Å². The summed E-state index contributed by atoms with van der Waals surface area (Å²) in [5, 5.41) is 20.6. The fourth-order valence-electron chi connectivity index (χ4n) is 2.12. The quantitative estimate of drug-likeness (QED) is 0.650. The molecule has 5 nitrogen and oxygen atoms in total. The van der Waals surface area contributed by atoms with Crippen LogP contribution < -0.4 is 5.32 Å². The number of aliphatic hydroxyl groups excluding tert-OH is 1. The van der Waals surface area contributed by atoms with Crippen molar-refractivity contribution in [3.8, 4) is 0 Å². The minimum absolute atomic E-state index is 0.182. The van der Waals surface area contributed by atoms with Crippen molar-refractivity contribution in [2.75, 3.05) is 6.54 Å². The van der Waals surface area contributed by atoms with Crippen LogP contribution in [-0.4, -0.2) is 34.7 Å². The molecule has 1 fully saturated rings. The second-order valence-corrected chi connectivity index (χ2v) is 4.43. The van der Waals surface area contributed by atoms with Crippen LogP contribution in [0, 0.1) is 11.8 Å². The van der Waals surface area contributed by atoms with Crippen LogP contribution in [0.4, 0.5) is 0 Å². The van der Waals surface area contributed by atoms with Crippen molar-refractivity contribution in [1.82, 2.24) is 5.32 Å². The summed E-state index contributed by atoms with van der Waals surface area (Å²) in [6, 6.07) is 0. The van der Waals surface area contributed by atoms with Gasteiger partial charge in [0.15, 0.2) is 0 Å². The number of carbonyl (C=O) groups excluding carboxylic acids is 1. The lowest BCUT2D eigenvalue weighted by molar-refractivity contribution is -0.149. The van der Waals surface area contributed by atoms with E-state index >= 15 is 0 Å². The second kappa shape index (κ2) is 5.84. The van der Waals surface area contributed by atoms with Gasteiger partial charge in [-0.25, -0.2) is 0 Å². The van der Waals surface area contributed by atoms with Crippen LogP contribution in [-0.2, 0) is 9.59 Å². The van der Waals surface area contributed by atoms with E-state index in [1.807, 2.05) is 0 Å². The van der Waals surface area contributed by atoms with Gasteiger partial charge in [-0.15, -0.1) is 0 Å². The van der Waals surface area contributed by atoms with E-state index in [2.05, 4.69) is 5.32 Å². The third-order valence-corrected chi connectivity index (χ3v) is 2.99. The Hall–Kier alpha value is -1.10. The zero-order valence-corrected chi connectivity index (χ0v) is 9.48. The average Bonchev–Trinajstić information content (AvgIpc) is 2.25. The van der Waals surface area contributed by atoms with Gasteiger partial charge in [-0.3, -0.25) is 9.59 Å². The summed E-state index contributed by atoms with van der Waals surface area (Å²) in [5.74, 6) is -2.14. The third-order valence-electron chi connectivity index (χ3n) is 2.99. The smallest absolute Gasteiger partial charge is 0.307 e. The maximum atomic E-state index is 11.7. The van der Waals surface area contributed by atoms with Crippen molar-refractivity contribution in [3.63, 3.8) is 0 Å². The molecule has 1 rings (SSSR count). The van der Waals surface area contributed by atoms with Gasteiger partial charge in [0.05, 0.1) is 17.9 Å². The maximum Gasteiger partial charge on any atom is 0.307 e. The topological polar surface area (TPSA) is 86.6 Å². The number of carboxylic acid groups (broad SMARTS) is 1. The highest BCUT2D eigenvalue weighted by Crippen LogP contribution is 2.30. The zero-order chi connectivity index (χ0) is 12.1. The molecule has 0 spiro atoms. The van der Waals surface area contributed by atoms with Crippen molar-refractivity contribution >= 4 is 11.9 Å². The molecule has 0 radical (unpaired) electrons. The van der Waals surface area contributed by atoms with Crippen molar-refractivity contribution < 1.29 is 19.8 Å². The first-order valence-corrected chi connectivity index (χ1v) is 5.71. The van der Waals surface area contributed by atoms with Crippen LogP contribution >= 0.6 is 0 Å². The summed E-state index contributed by atoms with van der Waals surface area (Å²) in [6.45, 7) is 1.76. The summed E-state index contributed by atoms with van der Waals surface area (Å²) < 4.78 is 0. The Morgan fingerprint density at radius 3 is 2.38 bits per heavy atom. The molecular weight excluding hydrogens is 210 g/mol. The Balaban J connectivity index is 2.54. The lowest BCUT2D eigenvalue weighted by atomic mass is 9.78. The molecule has 3 atom stereocenters. The van der Waals surface area contributed by atoms with Gasteiger partial charge in [-0.05, 0) is 19.8 Å². The molecule has 1 amide bonds. The van der Waals surface area contributed by atoms with Crippen LogP contribution in [0.5, 0.6) is 0 Å². The molecule has 0 aliphatic heterocycles. The predicted octanol–water partition coefficient (Wildman–Crippen LogP) is 0.374. The lowest BCUT2D eigenvalue weighted by Crippen LogP contribution is -2.41. The molecule has 16 heavy (non-hydrogen) atoms. The standard InChI is InChI=1S/C11H19NO4/c1-7(13)6-12-10(14)8-4-2-3-5-9(8)11(15)16/h7-9,13H,2-6H2,1H3,(H,12,14)(H,15,16)/t7-,8?,9?/m1/s1. The van der Waals surface area contributed by atoms with Crippen LogP contribution in [0.3, 0.4) is 0 Å². The number of aliphatic carboxylic acids is 1. The number of amides is 1. The van der Waals surface area contributed by atoms with Crippen LogP contribution in [0.2, 0.25) is 0 Å². The zero-order valence-electron chi connectivity index (χ0n) is 9.48. The second-order valence-electron chi connectivity index (χ2n) is 4.43. The van der Waals surface area contributed by atoms with Crippen molar-refractivity contribution in [1.29, 1.82) is 0 Å². The Morgan fingerprint density at radius 2 is 1.88 bits per heavy atom. The number of carbonyl (C=O) groups is 2. The van der Waals surface area contributed by atoms with Gasteiger partial charge < -0.3 is 15.5 Å². The highest BCUT2D eigenvalue weighted by molar-refractivity contribution is 5.84. The number of rotatable bonds is 4. The molecule has 0 saturated heterocycles. The summed E-state index contributed by atoms with van der Waals surface area (Å²) in [4.78, 5) is 22.7. The van der Waals surface area contributed by atoms with E-state index in [-0.39, 0.29) is 12.5 Å². The molecule has 0 aromatic heterocycles. The molecule has 92 valence electrons. The van der Waals surface area contributed by atoms with Gasteiger partial charge in [0.25, 0.3) is 0 Å². The van der Waals surface area contributed by atoms with E-state index in [9.17, 15) is 9.59 Å². The number of hydrogen-bond donors (Lipinski definition) is 3. The van der Waals surface area contributed by atoms with E-state index < -0.39 is 23.9 Å². The maximum absolute atomic E-state index is 11.7. The van der Waals surface area contributed by atoms with Crippen molar-refractivity contribution in [2.45, 2.75) is 38.7 Å². The van der Waals surface area contributed by atoms with E-state index in [4.69, 9.17) is 10.2 Å². The van der Waals surface area contributed by atoms with Gasteiger partial charge in [0.2, 0.25) is 5.91 Å². The van der Waals surface area contributed by atoms with Crippen LogP contribution in [0.25, 0.3) is 0 Å². The van der Waals surface area contributed by atoms with E-state index in [1.165, 1.54) is 0 Å². The van der Waals surface area contributed by atoms with Crippen LogP contribution in [0.1, 0.15) is 32.6 Å². The van der Waals surface area contributed by atoms with Gasteiger partial charge in [0.1, 0.15) is 0 Å².